The zero-order valence-corrected chi connectivity index (χ0v) is 11.8. The van der Waals surface area contributed by atoms with Gasteiger partial charge in [0, 0.05) is 26.0 Å². The second-order valence-electron chi connectivity index (χ2n) is 5.25. The van der Waals surface area contributed by atoms with Crippen LogP contribution in [-0.2, 0) is 7.05 Å². The molecule has 0 spiro atoms. The molecule has 5 nitrogen and oxygen atoms in total. The van der Waals surface area contributed by atoms with Crippen LogP contribution in [0.15, 0.2) is 30.7 Å². The van der Waals surface area contributed by atoms with Crippen LogP contribution < -0.4 is 0 Å². The predicted octanol–water partition coefficient (Wildman–Crippen LogP) is 2.10. The lowest BCUT2D eigenvalue weighted by Crippen LogP contribution is -2.32. The Balaban J connectivity index is 1.90. The second kappa shape index (κ2) is 5.07. The van der Waals surface area contributed by atoms with Gasteiger partial charge < -0.3 is 9.47 Å². The summed E-state index contributed by atoms with van der Waals surface area (Å²) in [6.45, 7) is 2.71. The Morgan fingerprint density at radius 3 is 2.95 bits per heavy atom. The van der Waals surface area contributed by atoms with E-state index in [0.717, 1.165) is 36.5 Å². The summed E-state index contributed by atoms with van der Waals surface area (Å²) in [5, 5.41) is 0. The highest BCUT2D eigenvalue weighted by molar-refractivity contribution is 5.93. The minimum atomic E-state index is 0.0461. The summed E-state index contributed by atoms with van der Waals surface area (Å²) in [6, 6.07) is 3.80. The first kappa shape index (κ1) is 12.8. The molecule has 0 bridgehead atoms. The van der Waals surface area contributed by atoms with E-state index >= 15 is 0 Å². The number of carbonyl (C=O) groups excluding carboxylic acids is 1. The highest BCUT2D eigenvalue weighted by atomic mass is 16.2. The van der Waals surface area contributed by atoms with Gasteiger partial charge in [-0.25, -0.2) is 0 Å². The Labute approximate surface area is 118 Å². The van der Waals surface area contributed by atoms with Crippen LogP contribution >= 0.6 is 0 Å². The predicted molar refractivity (Wildman–Crippen MR) is 75.2 cm³/mol. The van der Waals surface area contributed by atoms with E-state index in [-0.39, 0.29) is 11.9 Å². The minimum absolute atomic E-state index is 0.0461. The van der Waals surface area contributed by atoms with Gasteiger partial charge in [-0.1, -0.05) is 0 Å². The first-order valence-electron chi connectivity index (χ1n) is 6.87. The molecule has 0 aliphatic carbocycles. The third kappa shape index (κ3) is 2.19. The molecular formula is C15H18N4O. The van der Waals surface area contributed by atoms with Gasteiger partial charge in [-0.05, 0) is 31.9 Å². The van der Waals surface area contributed by atoms with E-state index in [1.54, 1.807) is 12.4 Å². The van der Waals surface area contributed by atoms with Gasteiger partial charge in [0.15, 0.2) is 0 Å². The van der Waals surface area contributed by atoms with Gasteiger partial charge in [0.25, 0.3) is 5.91 Å². The number of nitrogens with zero attached hydrogens (tertiary/aromatic N) is 4. The molecule has 2 aromatic heterocycles. The summed E-state index contributed by atoms with van der Waals surface area (Å²) in [7, 11) is 1.89. The quantitative estimate of drug-likeness (QED) is 0.839. The zero-order chi connectivity index (χ0) is 14.1. The molecule has 1 atom stereocenters. The van der Waals surface area contributed by atoms with Crippen molar-refractivity contribution in [1.82, 2.24) is 19.4 Å². The normalized spacial score (nSPS) is 18.5. The Morgan fingerprint density at radius 1 is 1.40 bits per heavy atom. The highest BCUT2D eigenvalue weighted by Gasteiger charge is 2.32. The second-order valence-corrected chi connectivity index (χ2v) is 5.25. The maximum Gasteiger partial charge on any atom is 0.271 e. The van der Waals surface area contributed by atoms with Crippen molar-refractivity contribution in [3.05, 3.63) is 47.8 Å². The maximum absolute atomic E-state index is 12.7. The van der Waals surface area contributed by atoms with E-state index in [2.05, 4.69) is 9.97 Å². The molecule has 5 heteroatoms. The lowest BCUT2D eigenvalue weighted by molar-refractivity contribution is 0.0723. The highest BCUT2D eigenvalue weighted by Crippen LogP contribution is 2.31. The molecule has 0 aromatic carbocycles. The van der Waals surface area contributed by atoms with Gasteiger partial charge in [0.1, 0.15) is 5.69 Å². The van der Waals surface area contributed by atoms with Crippen molar-refractivity contribution in [2.24, 2.45) is 7.05 Å². The number of likely N-dealkylation sites (tertiary alicyclic amines) is 1. The standard InChI is InChI=1S/C15H18N4O/c1-11-9-16-10-12(17-11)13-5-4-8-19(13)15(20)14-6-3-7-18(14)2/h3,6-7,9-10,13H,4-5,8H2,1-2H3/t13-/m0/s1. The molecule has 1 aliphatic rings. The third-order valence-corrected chi connectivity index (χ3v) is 3.79. The SMILES string of the molecule is Cc1cncc([C@@H]2CCCN2C(=O)c2cccn2C)n1. The number of hydrogen-bond donors (Lipinski definition) is 0. The van der Waals surface area contributed by atoms with Crippen LogP contribution in [0, 0.1) is 6.92 Å². The lowest BCUT2D eigenvalue weighted by atomic mass is 10.1. The summed E-state index contributed by atoms with van der Waals surface area (Å²) in [4.78, 5) is 23.3. The molecule has 0 saturated carbocycles. The number of hydrogen-bond acceptors (Lipinski definition) is 3. The fourth-order valence-corrected chi connectivity index (χ4v) is 2.79. The van der Waals surface area contributed by atoms with Gasteiger partial charge in [0.05, 0.1) is 23.6 Å². The summed E-state index contributed by atoms with van der Waals surface area (Å²) >= 11 is 0. The summed E-state index contributed by atoms with van der Waals surface area (Å²) in [5.41, 5.74) is 2.50. The van der Waals surface area contributed by atoms with E-state index in [9.17, 15) is 4.79 Å². The summed E-state index contributed by atoms with van der Waals surface area (Å²) in [6.07, 6.45) is 7.37. The van der Waals surface area contributed by atoms with E-state index in [0.29, 0.717) is 0 Å². The van der Waals surface area contributed by atoms with Crippen molar-refractivity contribution < 1.29 is 4.79 Å². The zero-order valence-electron chi connectivity index (χ0n) is 11.8. The Hall–Kier alpha value is -2.17. The van der Waals surface area contributed by atoms with Crippen LogP contribution in [-0.4, -0.2) is 31.9 Å². The topological polar surface area (TPSA) is 51.0 Å². The summed E-state index contributed by atoms with van der Waals surface area (Å²) < 4.78 is 1.86. The molecule has 0 unspecified atom stereocenters. The molecule has 1 amide bonds. The van der Waals surface area contributed by atoms with Gasteiger partial charge in [-0.3, -0.25) is 14.8 Å². The van der Waals surface area contributed by atoms with E-state index in [1.807, 2.05) is 41.8 Å². The molecule has 104 valence electrons. The number of rotatable bonds is 2. The maximum atomic E-state index is 12.7. The Kier molecular flexibility index (Phi) is 3.26. The Bertz CT molecular complexity index is 634. The van der Waals surface area contributed by atoms with Gasteiger partial charge in [0.2, 0.25) is 0 Å². The van der Waals surface area contributed by atoms with Crippen molar-refractivity contribution in [2.45, 2.75) is 25.8 Å². The van der Waals surface area contributed by atoms with Crippen molar-refractivity contribution in [3.63, 3.8) is 0 Å². The third-order valence-electron chi connectivity index (χ3n) is 3.79. The summed E-state index contributed by atoms with van der Waals surface area (Å²) in [5.74, 6) is 0.0725. The van der Waals surface area contributed by atoms with Crippen molar-refractivity contribution in [3.8, 4) is 0 Å². The number of amides is 1. The lowest BCUT2D eigenvalue weighted by Gasteiger charge is -2.24. The average Bonchev–Trinajstić information content (AvgIpc) is 3.06. The average molecular weight is 270 g/mol. The fraction of sp³-hybridized carbons (Fsp3) is 0.400. The first-order chi connectivity index (χ1) is 9.66. The van der Waals surface area contributed by atoms with Crippen molar-refractivity contribution in [2.75, 3.05) is 6.54 Å². The van der Waals surface area contributed by atoms with Gasteiger partial charge in [-0.15, -0.1) is 0 Å². The van der Waals surface area contributed by atoms with Crippen LogP contribution in [0.2, 0.25) is 0 Å². The molecule has 3 heterocycles. The molecule has 1 fully saturated rings. The molecule has 0 N–H and O–H groups in total. The van der Waals surface area contributed by atoms with Crippen LogP contribution in [0.5, 0.6) is 0 Å². The van der Waals surface area contributed by atoms with Gasteiger partial charge >= 0.3 is 0 Å². The van der Waals surface area contributed by atoms with Gasteiger partial charge in [-0.2, -0.15) is 0 Å². The van der Waals surface area contributed by atoms with Crippen LogP contribution in [0.4, 0.5) is 0 Å². The smallest absolute Gasteiger partial charge is 0.271 e. The molecule has 1 aliphatic heterocycles. The monoisotopic (exact) mass is 270 g/mol. The molecule has 20 heavy (non-hydrogen) atoms. The van der Waals surface area contributed by atoms with Crippen molar-refractivity contribution in [1.29, 1.82) is 0 Å². The molecule has 0 radical (unpaired) electrons. The van der Waals surface area contributed by atoms with Crippen molar-refractivity contribution >= 4 is 5.91 Å². The minimum Gasteiger partial charge on any atom is -0.347 e. The number of aromatic nitrogens is 3. The Morgan fingerprint density at radius 2 is 2.25 bits per heavy atom. The number of carbonyl (C=O) groups is 1. The first-order valence-corrected chi connectivity index (χ1v) is 6.87. The van der Waals surface area contributed by atoms with Crippen LogP contribution in [0.1, 0.15) is 40.8 Å². The van der Waals surface area contributed by atoms with Crippen LogP contribution in [0.3, 0.4) is 0 Å². The molecular weight excluding hydrogens is 252 g/mol. The molecule has 1 saturated heterocycles. The van der Waals surface area contributed by atoms with Crippen LogP contribution in [0.25, 0.3) is 0 Å². The molecule has 3 rings (SSSR count). The number of aryl methyl sites for hydroxylation is 2. The van der Waals surface area contributed by atoms with E-state index in [4.69, 9.17) is 0 Å². The molecule has 2 aromatic rings. The largest absolute Gasteiger partial charge is 0.347 e. The van der Waals surface area contributed by atoms with E-state index < -0.39 is 0 Å². The van der Waals surface area contributed by atoms with E-state index in [1.165, 1.54) is 0 Å². The fourth-order valence-electron chi connectivity index (χ4n) is 2.79.